The molecule has 1 aromatic carbocycles. The summed E-state index contributed by atoms with van der Waals surface area (Å²) in [5.41, 5.74) is -0.641. The van der Waals surface area contributed by atoms with Gasteiger partial charge < -0.3 is 15.2 Å². The molecule has 1 aromatic rings. The minimum atomic E-state index is -1.14. The Morgan fingerprint density at radius 2 is 2.00 bits per heavy atom. The molecule has 0 bridgehead atoms. The number of carbonyl (C=O) groups excluding carboxylic acids is 1. The minimum Gasteiger partial charge on any atom is -0.481 e. The first-order valence-corrected chi connectivity index (χ1v) is 6.69. The second-order valence-corrected chi connectivity index (χ2v) is 5.13. The number of aliphatic carboxylic acids is 1. The number of benzene rings is 1. The number of carboxylic acids is 1. The first kappa shape index (κ1) is 14.9. The van der Waals surface area contributed by atoms with Gasteiger partial charge in [-0.3, -0.25) is 4.79 Å². The highest BCUT2D eigenvalue weighted by Gasteiger charge is 2.46. The van der Waals surface area contributed by atoms with Crippen molar-refractivity contribution in [2.75, 3.05) is 0 Å². The summed E-state index contributed by atoms with van der Waals surface area (Å²) in [5.74, 6) is -1.01. The lowest BCUT2D eigenvalue weighted by Crippen LogP contribution is -2.61. The standard InChI is InChI=1S/C15H16N2O4/c1-10(21-12-5-3-11(9-16)4-6-12)13(18)17-15(14(19)20)7-2-8-15/h3-6,10H,2,7-8H2,1H3,(H,17,18)(H,19,20). The van der Waals surface area contributed by atoms with Gasteiger partial charge in [-0.25, -0.2) is 4.79 Å². The Morgan fingerprint density at radius 3 is 2.43 bits per heavy atom. The molecule has 21 heavy (non-hydrogen) atoms. The van der Waals surface area contributed by atoms with Gasteiger partial charge in [0.05, 0.1) is 11.6 Å². The number of carbonyl (C=O) groups is 2. The van der Waals surface area contributed by atoms with Crippen LogP contribution < -0.4 is 10.1 Å². The number of hydrogen-bond acceptors (Lipinski definition) is 4. The summed E-state index contributed by atoms with van der Waals surface area (Å²) in [5, 5.41) is 20.4. The maximum absolute atomic E-state index is 12.0. The maximum Gasteiger partial charge on any atom is 0.329 e. The van der Waals surface area contributed by atoms with Gasteiger partial charge in [0.25, 0.3) is 5.91 Å². The van der Waals surface area contributed by atoms with E-state index in [2.05, 4.69) is 5.32 Å². The van der Waals surface area contributed by atoms with Crippen LogP contribution in [0, 0.1) is 11.3 Å². The van der Waals surface area contributed by atoms with Gasteiger partial charge in [-0.2, -0.15) is 5.26 Å². The number of ether oxygens (including phenoxy) is 1. The Kier molecular flexibility index (Phi) is 4.13. The van der Waals surface area contributed by atoms with E-state index in [9.17, 15) is 14.7 Å². The van der Waals surface area contributed by atoms with Crippen LogP contribution in [0.15, 0.2) is 24.3 Å². The molecule has 1 saturated carbocycles. The molecule has 110 valence electrons. The SMILES string of the molecule is CC(Oc1ccc(C#N)cc1)C(=O)NC1(C(=O)O)CCC1. The zero-order chi connectivity index (χ0) is 15.5. The van der Waals surface area contributed by atoms with Gasteiger partial charge in [0, 0.05) is 0 Å². The van der Waals surface area contributed by atoms with E-state index < -0.39 is 23.5 Å². The lowest BCUT2D eigenvalue weighted by Gasteiger charge is -2.38. The summed E-state index contributed by atoms with van der Waals surface area (Å²) in [4.78, 5) is 23.2. The molecular formula is C15H16N2O4. The van der Waals surface area contributed by atoms with Crippen LogP contribution in [0.5, 0.6) is 5.75 Å². The molecule has 0 saturated heterocycles. The number of carboxylic acid groups (broad SMARTS) is 1. The minimum absolute atomic E-state index is 0.442. The topological polar surface area (TPSA) is 99.4 Å². The molecule has 6 nitrogen and oxygen atoms in total. The van der Waals surface area contributed by atoms with Crippen molar-refractivity contribution in [1.29, 1.82) is 5.26 Å². The van der Waals surface area contributed by atoms with Gasteiger partial charge in [-0.1, -0.05) is 0 Å². The molecule has 1 atom stereocenters. The molecule has 1 amide bonds. The molecule has 1 aliphatic carbocycles. The van der Waals surface area contributed by atoms with Gasteiger partial charge in [-0.15, -0.1) is 0 Å². The summed E-state index contributed by atoms with van der Waals surface area (Å²) in [6.45, 7) is 1.56. The molecule has 2 N–H and O–H groups in total. The number of amides is 1. The average molecular weight is 288 g/mol. The van der Waals surface area contributed by atoms with Crippen molar-refractivity contribution in [3.8, 4) is 11.8 Å². The normalized spacial score (nSPS) is 17.0. The molecule has 0 aromatic heterocycles. The van der Waals surface area contributed by atoms with E-state index in [-0.39, 0.29) is 0 Å². The number of nitriles is 1. The quantitative estimate of drug-likeness (QED) is 0.854. The Labute approximate surface area is 122 Å². The van der Waals surface area contributed by atoms with Crippen molar-refractivity contribution < 1.29 is 19.4 Å². The third-order valence-corrected chi connectivity index (χ3v) is 3.64. The average Bonchev–Trinajstić information content (AvgIpc) is 2.42. The predicted molar refractivity (Wildman–Crippen MR) is 73.6 cm³/mol. The number of rotatable bonds is 5. The van der Waals surface area contributed by atoms with E-state index in [4.69, 9.17) is 10.00 Å². The van der Waals surface area contributed by atoms with Gasteiger partial charge >= 0.3 is 5.97 Å². The summed E-state index contributed by atoms with van der Waals surface area (Å²) < 4.78 is 5.46. The molecule has 0 heterocycles. The Balaban J connectivity index is 1.96. The van der Waals surface area contributed by atoms with Crippen molar-refractivity contribution in [2.45, 2.75) is 37.8 Å². The third-order valence-electron chi connectivity index (χ3n) is 3.64. The summed E-state index contributed by atoms with van der Waals surface area (Å²) in [7, 11) is 0. The molecule has 1 fully saturated rings. The van der Waals surface area contributed by atoms with E-state index in [1.807, 2.05) is 6.07 Å². The van der Waals surface area contributed by atoms with Crippen LogP contribution in [0.2, 0.25) is 0 Å². The Hall–Kier alpha value is -2.55. The van der Waals surface area contributed by atoms with Gasteiger partial charge in [0.15, 0.2) is 6.10 Å². The monoisotopic (exact) mass is 288 g/mol. The van der Waals surface area contributed by atoms with Crippen LogP contribution in [0.1, 0.15) is 31.7 Å². The molecule has 0 aliphatic heterocycles. The maximum atomic E-state index is 12.0. The molecule has 6 heteroatoms. The summed E-state index contributed by atoms with van der Waals surface area (Å²) >= 11 is 0. The second kappa shape index (κ2) is 5.83. The summed E-state index contributed by atoms with van der Waals surface area (Å²) in [6.07, 6.45) is 0.863. The van der Waals surface area contributed by atoms with Crippen LogP contribution in [0.25, 0.3) is 0 Å². The van der Waals surface area contributed by atoms with Crippen LogP contribution in [-0.4, -0.2) is 28.6 Å². The van der Waals surface area contributed by atoms with E-state index in [0.717, 1.165) is 6.42 Å². The van der Waals surface area contributed by atoms with Crippen molar-refractivity contribution in [1.82, 2.24) is 5.32 Å². The molecule has 2 rings (SSSR count). The van der Waals surface area contributed by atoms with Crippen LogP contribution in [0.4, 0.5) is 0 Å². The summed E-state index contributed by atoms with van der Waals surface area (Å²) in [6, 6.07) is 8.36. The van der Waals surface area contributed by atoms with Crippen LogP contribution >= 0.6 is 0 Å². The molecular weight excluding hydrogens is 272 g/mol. The smallest absolute Gasteiger partial charge is 0.329 e. The Morgan fingerprint density at radius 1 is 1.38 bits per heavy atom. The lowest BCUT2D eigenvalue weighted by molar-refractivity contribution is -0.152. The highest BCUT2D eigenvalue weighted by atomic mass is 16.5. The fourth-order valence-corrected chi connectivity index (χ4v) is 2.13. The molecule has 1 unspecified atom stereocenters. The molecule has 0 spiro atoms. The number of nitrogens with zero attached hydrogens (tertiary/aromatic N) is 1. The zero-order valence-corrected chi connectivity index (χ0v) is 11.6. The van der Waals surface area contributed by atoms with Gasteiger partial charge in [0.2, 0.25) is 0 Å². The van der Waals surface area contributed by atoms with Gasteiger partial charge in [-0.05, 0) is 50.5 Å². The lowest BCUT2D eigenvalue weighted by atomic mass is 9.76. The Bertz CT molecular complexity index is 585. The van der Waals surface area contributed by atoms with E-state index >= 15 is 0 Å². The van der Waals surface area contributed by atoms with E-state index in [0.29, 0.717) is 24.2 Å². The number of hydrogen-bond donors (Lipinski definition) is 2. The highest BCUT2D eigenvalue weighted by molar-refractivity contribution is 5.89. The van der Waals surface area contributed by atoms with Crippen molar-refractivity contribution in [2.24, 2.45) is 0 Å². The fourth-order valence-electron chi connectivity index (χ4n) is 2.13. The first-order valence-electron chi connectivity index (χ1n) is 6.69. The fraction of sp³-hybridized carbons (Fsp3) is 0.400. The first-order chi connectivity index (χ1) is 9.97. The predicted octanol–water partition coefficient (Wildman–Crippen LogP) is 1.45. The van der Waals surface area contributed by atoms with Crippen LogP contribution in [0.3, 0.4) is 0 Å². The zero-order valence-electron chi connectivity index (χ0n) is 11.6. The van der Waals surface area contributed by atoms with Crippen LogP contribution in [-0.2, 0) is 9.59 Å². The number of nitrogens with one attached hydrogen (secondary N) is 1. The largest absolute Gasteiger partial charge is 0.481 e. The van der Waals surface area contributed by atoms with Gasteiger partial charge in [0.1, 0.15) is 11.3 Å². The molecule has 0 radical (unpaired) electrons. The van der Waals surface area contributed by atoms with Crippen molar-refractivity contribution in [3.05, 3.63) is 29.8 Å². The highest BCUT2D eigenvalue weighted by Crippen LogP contribution is 2.32. The molecule has 1 aliphatic rings. The van der Waals surface area contributed by atoms with E-state index in [1.165, 1.54) is 0 Å². The third kappa shape index (κ3) is 3.14. The van der Waals surface area contributed by atoms with Crippen molar-refractivity contribution >= 4 is 11.9 Å². The van der Waals surface area contributed by atoms with Crippen molar-refractivity contribution in [3.63, 3.8) is 0 Å². The van der Waals surface area contributed by atoms with E-state index in [1.54, 1.807) is 31.2 Å². The second-order valence-electron chi connectivity index (χ2n) is 5.13.